The van der Waals surface area contributed by atoms with Gasteiger partial charge in [-0.05, 0) is 11.5 Å². The van der Waals surface area contributed by atoms with E-state index in [1.165, 1.54) is 0 Å². The summed E-state index contributed by atoms with van der Waals surface area (Å²) in [5.41, 5.74) is 0. The van der Waals surface area contributed by atoms with Crippen LogP contribution < -0.4 is 0 Å². The molecule has 4 heteroatoms. The molecule has 0 aliphatic heterocycles. The van der Waals surface area contributed by atoms with Crippen LogP contribution in [0.2, 0.25) is 0 Å². The number of halogens is 1. The van der Waals surface area contributed by atoms with E-state index >= 15 is 0 Å². The lowest BCUT2D eigenvalue weighted by Crippen LogP contribution is -1.70. The first-order valence-corrected chi connectivity index (χ1v) is 3.92. The average Bonchev–Trinajstić information content (AvgIpc) is 1.66. The van der Waals surface area contributed by atoms with Crippen molar-refractivity contribution in [1.82, 2.24) is 0 Å². The van der Waals surface area contributed by atoms with Crippen molar-refractivity contribution in [3.63, 3.8) is 0 Å². The van der Waals surface area contributed by atoms with Gasteiger partial charge in [0.1, 0.15) is 0 Å². The van der Waals surface area contributed by atoms with Gasteiger partial charge in [0.25, 0.3) is 0 Å². The third kappa shape index (κ3) is 11.6. The summed E-state index contributed by atoms with van der Waals surface area (Å²) in [5.74, 6) is 0. The van der Waals surface area contributed by atoms with Crippen LogP contribution in [0, 0.1) is 0 Å². The van der Waals surface area contributed by atoms with Gasteiger partial charge in [0.2, 0.25) is 0 Å². The molecule has 0 radical (unpaired) electrons. The number of hydrogen-bond donors (Lipinski definition) is 1. The number of hydrogen-bond acceptors (Lipinski definition) is 1. The topological polar surface area (TPSA) is 37.3 Å². The molecule has 0 aliphatic rings. The van der Waals surface area contributed by atoms with Crippen LogP contribution >= 0.6 is 20.4 Å². The molecule has 1 unspecified atom stereocenters. The van der Waals surface area contributed by atoms with Gasteiger partial charge in [0, 0.05) is 6.42 Å². The van der Waals surface area contributed by atoms with Crippen molar-refractivity contribution >= 4 is 20.4 Å². The zero-order chi connectivity index (χ0) is 6.41. The van der Waals surface area contributed by atoms with Crippen LogP contribution in [-0.2, 0) is 4.57 Å². The monoisotopic (exact) mass is 169 g/mol. The number of allylic oxidation sites excluding steroid dienone is 2. The van der Waals surface area contributed by atoms with Gasteiger partial charge in [-0.15, -0.1) is 12.4 Å². The van der Waals surface area contributed by atoms with Gasteiger partial charge in [0.05, 0.1) is 0 Å². The van der Waals surface area contributed by atoms with Gasteiger partial charge in [-0.25, -0.2) is 0 Å². The molecule has 2 nitrogen and oxygen atoms in total. The highest BCUT2D eigenvalue weighted by Gasteiger charge is 2.05. The Balaban J connectivity index is 0. The first-order chi connectivity index (χ1) is 3.77. The van der Waals surface area contributed by atoms with Crippen LogP contribution in [0.4, 0.5) is 0 Å². The van der Waals surface area contributed by atoms with Crippen LogP contribution in [0.15, 0.2) is 12.2 Å². The van der Waals surface area contributed by atoms with E-state index in [1.807, 2.05) is 19.1 Å². The fourth-order valence-corrected chi connectivity index (χ4v) is 0.722. The van der Waals surface area contributed by atoms with E-state index in [4.69, 9.17) is 4.89 Å². The van der Waals surface area contributed by atoms with Gasteiger partial charge in [-0.2, -0.15) is 4.89 Å². The van der Waals surface area contributed by atoms with E-state index < -0.39 is 8.03 Å². The van der Waals surface area contributed by atoms with Crippen molar-refractivity contribution in [2.24, 2.45) is 0 Å². The van der Waals surface area contributed by atoms with Gasteiger partial charge in [-0.3, -0.25) is 0 Å². The average molecular weight is 170 g/mol. The lowest BCUT2D eigenvalue weighted by molar-refractivity contribution is 0.503. The van der Waals surface area contributed by atoms with Gasteiger partial charge in [-0.1, -0.05) is 12.2 Å². The lowest BCUT2D eigenvalue weighted by atomic mass is 10.4. The van der Waals surface area contributed by atoms with E-state index in [1.54, 1.807) is 0 Å². The summed E-state index contributed by atoms with van der Waals surface area (Å²) < 4.78 is 9.99. The van der Waals surface area contributed by atoms with Crippen molar-refractivity contribution in [2.75, 3.05) is 6.16 Å². The maximum atomic E-state index is 9.99. The normalized spacial score (nSPS) is 11.1. The molecule has 0 saturated heterocycles. The molecule has 0 heterocycles. The molecule has 0 spiro atoms. The standard InChI is InChI=1S/C5H9O2P.ClH/c1-2-3-4-5-8(6)7;/h2-3H,4-5H2,1H3;1H/p+1. The first-order valence-electron chi connectivity index (χ1n) is 2.52. The largest absolute Gasteiger partial charge is 0.505 e. The summed E-state index contributed by atoms with van der Waals surface area (Å²) in [6.45, 7) is 1.89. The van der Waals surface area contributed by atoms with Crippen LogP contribution in [0.25, 0.3) is 0 Å². The maximum Gasteiger partial charge on any atom is 0.505 e. The van der Waals surface area contributed by atoms with Gasteiger partial charge < -0.3 is 0 Å². The van der Waals surface area contributed by atoms with Crippen LogP contribution in [0.3, 0.4) is 0 Å². The molecule has 0 aliphatic carbocycles. The quantitative estimate of drug-likeness (QED) is 0.519. The highest BCUT2D eigenvalue weighted by molar-refractivity contribution is 7.37. The third-order valence-corrected chi connectivity index (χ3v) is 1.36. The Kier molecular flexibility index (Phi) is 10.6. The van der Waals surface area contributed by atoms with Crippen LogP contribution in [0.1, 0.15) is 13.3 Å². The summed E-state index contributed by atoms with van der Waals surface area (Å²) >= 11 is 0. The van der Waals surface area contributed by atoms with Crippen molar-refractivity contribution in [3.8, 4) is 0 Å². The minimum absolute atomic E-state index is 0. The molecular weight excluding hydrogens is 158 g/mol. The van der Waals surface area contributed by atoms with Crippen LogP contribution in [-0.4, -0.2) is 11.1 Å². The summed E-state index contributed by atoms with van der Waals surface area (Å²) in [5, 5.41) is 0. The Morgan fingerprint density at radius 2 is 2.22 bits per heavy atom. The fourth-order valence-electron chi connectivity index (χ4n) is 0.352. The Labute approximate surface area is 62.2 Å². The van der Waals surface area contributed by atoms with Crippen molar-refractivity contribution in [2.45, 2.75) is 13.3 Å². The maximum absolute atomic E-state index is 9.99. The first kappa shape index (κ1) is 11.8. The second-order valence-corrected chi connectivity index (χ2v) is 2.59. The molecule has 0 saturated carbocycles. The van der Waals surface area contributed by atoms with Crippen LogP contribution in [0.5, 0.6) is 0 Å². The molecule has 0 amide bonds. The molecule has 0 bridgehead atoms. The summed E-state index contributed by atoms with van der Waals surface area (Å²) in [6.07, 6.45) is 4.85. The fraction of sp³-hybridized carbons (Fsp3) is 0.600. The second kappa shape index (κ2) is 8.09. The van der Waals surface area contributed by atoms with Crippen molar-refractivity contribution < 1.29 is 9.46 Å². The number of rotatable bonds is 3. The van der Waals surface area contributed by atoms with E-state index in [0.29, 0.717) is 12.6 Å². The summed E-state index contributed by atoms with van der Waals surface area (Å²) in [6, 6.07) is 0. The highest BCUT2D eigenvalue weighted by atomic mass is 35.5. The van der Waals surface area contributed by atoms with Crippen molar-refractivity contribution in [1.29, 1.82) is 0 Å². The predicted octanol–water partition coefficient (Wildman–Crippen LogP) is 2.11. The van der Waals surface area contributed by atoms with E-state index in [0.717, 1.165) is 0 Å². The van der Waals surface area contributed by atoms with E-state index in [2.05, 4.69) is 0 Å². The molecule has 0 aromatic rings. The Morgan fingerprint density at radius 3 is 2.56 bits per heavy atom. The molecule has 0 rings (SSSR count). The highest BCUT2D eigenvalue weighted by Crippen LogP contribution is 2.13. The Bertz CT molecular complexity index is 103. The van der Waals surface area contributed by atoms with Crippen molar-refractivity contribution in [3.05, 3.63) is 12.2 Å². The third-order valence-electron chi connectivity index (χ3n) is 0.723. The Hall–Kier alpha value is 0.0900. The zero-order valence-electron chi connectivity index (χ0n) is 5.28. The zero-order valence-corrected chi connectivity index (χ0v) is 6.99. The molecule has 9 heavy (non-hydrogen) atoms. The summed E-state index contributed by atoms with van der Waals surface area (Å²) in [7, 11) is -1.91. The molecule has 1 N–H and O–H groups in total. The minimum Gasteiger partial charge on any atom is -0.161 e. The molecule has 0 aromatic heterocycles. The smallest absolute Gasteiger partial charge is 0.161 e. The summed E-state index contributed by atoms with van der Waals surface area (Å²) in [4.78, 5) is 8.25. The minimum atomic E-state index is -1.91. The molecule has 0 fully saturated rings. The van der Waals surface area contributed by atoms with E-state index in [9.17, 15) is 4.57 Å². The molecule has 54 valence electrons. The van der Waals surface area contributed by atoms with Gasteiger partial charge >= 0.3 is 8.03 Å². The van der Waals surface area contributed by atoms with Gasteiger partial charge in [0.15, 0.2) is 6.16 Å². The SMILES string of the molecule is CC=CCC[P+](=O)O.Cl. The molecule has 0 aromatic carbocycles. The molecular formula is C5H11ClO2P+. The second-order valence-electron chi connectivity index (χ2n) is 1.43. The predicted molar refractivity (Wildman–Crippen MR) is 41.4 cm³/mol. The lowest BCUT2D eigenvalue weighted by Gasteiger charge is -1.73. The Morgan fingerprint density at radius 1 is 1.67 bits per heavy atom. The molecule has 1 atom stereocenters. The van der Waals surface area contributed by atoms with E-state index in [-0.39, 0.29) is 12.4 Å².